The van der Waals surface area contributed by atoms with Crippen molar-refractivity contribution in [3.05, 3.63) is 42.0 Å². The average molecular weight is 359 g/mol. The van der Waals surface area contributed by atoms with E-state index in [2.05, 4.69) is 15.8 Å². The summed E-state index contributed by atoms with van der Waals surface area (Å²) in [5, 5.41) is 0.551. The van der Waals surface area contributed by atoms with Crippen molar-refractivity contribution in [3.63, 3.8) is 0 Å². The number of carbonyl (C=O) groups is 1. The molecule has 25 heavy (non-hydrogen) atoms. The Bertz CT molecular complexity index is 910. The summed E-state index contributed by atoms with van der Waals surface area (Å²) >= 11 is 1.41. The van der Waals surface area contributed by atoms with Gasteiger partial charge in [-0.1, -0.05) is 23.5 Å². The lowest BCUT2D eigenvalue weighted by molar-refractivity contribution is 0.0959. The van der Waals surface area contributed by atoms with E-state index in [1.165, 1.54) is 25.6 Å². The Labute approximate surface area is 148 Å². The molecule has 8 heteroatoms. The van der Waals surface area contributed by atoms with Crippen LogP contribution in [0.5, 0.6) is 17.2 Å². The van der Waals surface area contributed by atoms with E-state index >= 15 is 0 Å². The van der Waals surface area contributed by atoms with Crippen molar-refractivity contribution >= 4 is 32.6 Å². The molecule has 0 saturated heterocycles. The number of para-hydroxylation sites is 2. The number of carbonyl (C=O) groups excluding carboxylic acids is 1. The first-order valence-corrected chi connectivity index (χ1v) is 8.20. The minimum Gasteiger partial charge on any atom is -0.494 e. The molecule has 1 heterocycles. The van der Waals surface area contributed by atoms with E-state index in [4.69, 9.17) is 14.2 Å². The maximum atomic E-state index is 12.4. The van der Waals surface area contributed by atoms with Crippen molar-refractivity contribution in [1.29, 1.82) is 0 Å². The van der Waals surface area contributed by atoms with E-state index in [9.17, 15) is 4.79 Å². The van der Waals surface area contributed by atoms with Crippen molar-refractivity contribution in [1.82, 2.24) is 10.4 Å². The lowest BCUT2D eigenvalue weighted by atomic mass is 10.2. The van der Waals surface area contributed by atoms with Crippen molar-refractivity contribution < 1.29 is 19.0 Å². The second kappa shape index (κ2) is 7.27. The molecule has 0 spiro atoms. The standard InChI is InChI=1S/C17H17N3O4S/c1-22-11-7-5-9-13-14(11)18-17(25-13)20-19-16(21)10-6-4-8-12(23-2)15(10)24-3/h4-9H,1-3H3,(H,18,20)(H,19,21). The van der Waals surface area contributed by atoms with Crippen molar-refractivity contribution in [2.45, 2.75) is 0 Å². The maximum absolute atomic E-state index is 12.4. The van der Waals surface area contributed by atoms with Crippen LogP contribution in [-0.4, -0.2) is 32.2 Å². The smallest absolute Gasteiger partial charge is 0.273 e. The summed E-state index contributed by atoms with van der Waals surface area (Å²) in [5.74, 6) is 1.18. The van der Waals surface area contributed by atoms with Crippen LogP contribution in [0.3, 0.4) is 0 Å². The van der Waals surface area contributed by atoms with Gasteiger partial charge in [0.05, 0.1) is 31.6 Å². The Morgan fingerprint density at radius 3 is 2.44 bits per heavy atom. The molecule has 3 rings (SSSR count). The molecule has 2 N–H and O–H groups in total. The molecule has 0 aliphatic rings. The van der Waals surface area contributed by atoms with Crippen LogP contribution in [0.4, 0.5) is 5.13 Å². The first-order chi connectivity index (χ1) is 12.2. The minimum atomic E-state index is -0.359. The highest BCUT2D eigenvalue weighted by molar-refractivity contribution is 7.22. The second-order valence-corrected chi connectivity index (χ2v) is 5.98. The van der Waals surface area contributed by atoms with E-state index in [0.29, 0.717) is 27.9 Å². The number of rotatable bonds is 6. The fraction of sp³-hybridized carbons (Fsp3) is 0.176. The number of methoxy groups -OCH3 is 3. The Morgan fingerprint density at radius 1 is 1.00 bits per heavy atom. The zero-order chi connectivity index (χ0) is 17.8. The number of nitrogens with one attached hydrogen (secondary N) is 2. The maximum Gasteiger partial charge on any atom is 0.273 e. The Kier molecular flexibility index (Phi) is 4.90. The van der Waals surface area contributed by atoms with Gasteiger partial charge >= 0.3 is 0 Å². The van der Waals surface area contributed by atoms with Gasteiger partial charge in [-0.2, -0.15) is 0 Å². The van der Waals surface area contributed by atoms with Gasteiger partial charge in [-0.3, -0.25) is 15.6 Å². The average Bonchev–Trinajstić information content (AvgIpc) is 3.08. The monoisotopic (exact) mass is 359 g/mol. The molecule has 1 aromatic heterocycles. The van der Waals surface area contributed by atoms with Gasteiger partial charge in [0, 0.05) is 0 Å². The van der Waals surface area contributed by atoms with Gasteiger partial charge in [0.15, 0.2) is 11.5 Å². The van der Waals surface area contributed by atoms with Crippen molar-refractivity contribution in [2.24, 2.45) is 0 Å². The van der Waals surface area contributed by atoms with Crippen LogP contribution in [-0.2, 0) is 0 Å². The van der Waals surface area contributed by atoms with Crippen LogP contribution in [0, 0.1) is 0 Å². The molecule has 130 valence electrons. The highest BCUT2D eigenvalue weighted by Gasteiger charge is 2.17. The Morgan fingerprint density at radius 2 is 1.72 bits per heavy atom. The number of aromatic nitrogens is 1. The lowest BCUT2D eigenvalue weighted by Gasteiger charge is -2.12. The number of benzene rings is 2. The van der Waals surface area contributed by atoms with Crippen LogP contribution in [0.2, 0.25) is 0 Å². The zero-order valence-electron chi connectivity index (χ0n) is 14.0. The molecule has 0 bridgehead atoms. The molecular weight excluding hydrogens is 342 g/mol. The molecule has 7 nitrogen and oxygen atoms in total. The first-order valence-electron chi connectivity index (χ1n) is 7.38. The molecule has 0 aliphatic heterocycles. The number of hydrogen-bond acceptors (Lipinski definition) is 7. The second-order valence-electron chi connectivity index (χ2n) is 4.95. The third-order valence-corrected chi connectivity index (χ3v) is 4.47. The third-order valence-electron chi connectivity index (χ3n) is 3.53. The van der Waals surface area contributed by atoms with Gasteiger partial charge in [-0.25, -0.2) is 4.98 Å². The summed E-state index contributed by atoms with van der Waals surface area (Å²) in [6, 6.07) is 10.8. The van der Waals surface area contributed by atoms with Gasteiger partial charge < -0.3 is 14.2 Å². The number of ether oxygens (including phenoxy) is 3. The fourth-order valence-corrected chi connectivity index (χ4v) is 3.22. The normalized spacial score (nSPS) is 10.4. The van der Waals surface area contributed by atoms with Crippen LogP contribution in [0.25, 0.3) is 10.2 Å². The molecule has 2 aromatic carbocycles. The quantitative estimate of drug-likeness (QED) is 0.658. The molecule has 3 aromatic rings. The van der Waals surface area contributed by atoms with E-state index in [0.717, 1.165) is 10.2 Å². The van der Waals surface area contributed by atoms with E-state index < -0.39 is 0 Å². The predicted molar refractivity (Wildman–Crippen MR) is 96.8 cm³/mol. The molecular formula is C17H17N3O4S. The van der Waals surface area contributed by atoms with Gasteiger partial charge in [0.1, 0.15) is 11.3 Å². The number of thiazole rings is 1. The van der Waals surface area contributed by atoms with E-state index in [1.54, 1.807) is 25.3 Å². The van der Waals surface area contributed by atoms with Crippen LogP contribution in [0.15, 0.2) is 36.4 Å². The summed E-state index contributed by atoms with van der Waals surface area (Å²) in [5.41, 5.74) is 6.55. The van der Waals surface area contributed by atoms with Crippen LogP contribution in [0.1, 0.15) is 10.4 Å². The number of anilines is 1. The molecule has 0 aliphatic carbocycles. The fourth-order valence-electron chi connectivity index (χ4n) is 2.38. The summed E-state index contributed by atoms with van der Waals surface area (Å²) in [6.07, 6.45) is 0. The number of hydrazine groups is 1. The Hall–Kier alpha value is -3.00. The summed E-state index contributed by atoms with van der Waals surface area (Å²) in [6.45, 7) is 0. The molecule has 0 fully saturated rings. The lowest BCUT2D eigenvalue weighted by Crippen LogP contribution is -2.29. The molecule has 0 saturated carbocycles. The van der Waals surface area contributed by atoms with Gasteiger partial charge in [0.2, 0.25) is 5.13 Å². The highest BCUT2D eigenvalue weighted by Crippen LogP contribution is 2.32. The largest absolute Gasteiger partial charge is 0.494 e. The zero-order valence-corrected chi connectivity index (χ0v) is 14.8. The van der Waals surface area contributed by atoms with E-state index in [-0.39, 0.29) is 5.91 Å². The third kappa shape index (κ3) is 3.29. The van der Waals surface area contributed by atoms with Crippen LogP contribution >= 0.6 is 11.3 Å². The van der Waals surface area contributed by atoms with E-state index in [1.807, 2.05) is 18.2 Å². The van der Waals surface area contributed by atoms with Crippen molar-refractivity contribution in [3.8, 4) is 17.2 Å². The SMILES string of the molecule is COc1cccc(C(=O)NNc2nc3c(OC)cccc3s2)c1OC. The molecule has 1 amide bonds. The minimum absolute atomic E-state index is 0.355. The number of hydrogen-bond donors (Lipinski definition) is 2. The number of nitrogens with zero attached hydrogens (tertiary/aromatic N) is 1. The van der Waals surface area contributed by atoms with Crippen molar-refractivity contribution in [2.75, 3.05) is 26.8 Å². The highest BCUT2D eigenvalue weighted by atomic mass is 32.1. The number of amides is 1. The molecule has 0 atom stereocenters. The molecule has 0 radical (unpaired) electrons. The summed E-state index contributed by atoms with van der Waals surface area (Å²) < 4.78 is 16.7. The predicted octanol–water partition coefficient (Wildman–Crippen LogP) is 3.08. The Balaban J connectivity index is 1.79. The van der Waals surface area contributed by atoms with Gasteiger partial charge in [-0.15, -0.1) is 0 Å². The summed E-state index contributed by atoms with van der Waals surface area (Å²) in [7, 11) is 4.60. The number of fused-ring (bicyclic) bond motifs is 1. The topological polar surface area (TPSA) is 81.7 Å². The van der Waals surface area contributed by atoms with Crippen LogP contribution < -0.4 is 25.1 Å². The first kappa shape index (κ1) is 16.8. The van der Waals surface area contributed by atoms with Gasteiger partial charge in [0.25, 0.3) is 5.91 Å². The summed E-state index contributed by atoms with van der Waals surface area (Å²) in [4.78, 5) is 16.9. The van der Waals surface area contributed by atoms with Gasteiger partial charge in [-0.05, 0) is 24.3 Å². The molecule has 0 unspecified atom stereocenters.